The van der Waals surface area contributed by atoms with E-state index < -0.39 is 0 Å². The summed E-state index contributed by atoms with van der Waals surface area (Å²) in [4.78, 5) is 14.3. The number of likely N-dealkylation sites (N-methyl/N-ethyl adjacent to an activating group) is 1. The molecular formula is C15H24N4O2. The highest BCUT2D eigenvalue weighted by Gasteiger charge is 2.21. The van der Waals surface area contributed by atoms with E-state index in [1.54, 1.807) is 0 Å². The molecule has 1 atom stereocenters. The molecule has 2 N–H and O–H groups in total. The van der Waals surface area contributed by atoms with E-state index in [0.29, 0.717) is 13.0 Å². The van der Waals surface area contributed by atoms with Crippen LogP contribution in [-0.2, 0) is 28.8 Å². The number of nitrogens with zero attached hydrogens (tertiary/aromatic N) is 2. The van der Waals surface area contributed by atoms with Gasteiger partial charge in [-0.15, -0.1) is 0 Å². The molecule has 6 nitrogen and oxygen atoms in total. The van der Waals surface area contributed by atoms with Gasteiger partial charge < -0.3 is 15.0 Å². The first kappa shape index (κ1) is 14.5. The molecule has 0 spiro atoms. The maximum Gasteiger partial charge on any atom is 0.226 e. The zero-order valence-corrected chi connectivity index (χ0v) is 12.7. The Morgan fingerprint density at radius 3 is 3.19 bits per heavy atom. The topological polar surface area (TPSA) is 70.2 Å². The minimum absolute atomic E-state index is 0.0340. The van der Waals surface area contributed by atoms with Gasteiger partial charge in [0.25, 0.3) is 0 Å². The largest absolute Gasteiger partial charge is 0.374 e. The summed E-state index contributed by atoms with van der Waals surface area (Å²) in [6.07, 6.45) is 4.99. The lowest BCUT2D eigenvalue weighted by Crippen LogP contribution is -2.46. The number of nitrogens with one attached hydrogen (secondary N) is 2. The predicted molar refractivity (Wildman–Crippen MR) is 79.2 cm³/mol. The maximum absolute atomic E-state index is 12.1. The number of morpholine rings is 1. The Morgan fingerprint density at radius 2 is 2.33 bits per heavy atom. The number of ether oxygens (including phenoxy) is 1. The first-order valence-corrected chi connectivity index (χ1v) is 7.84. The molecule has 21 heavy (non-hydrogen) atoms. The molecule has 1 aliphatic heterocycles. The predicted octanol–water partition coefficient (Wildman–Crippen LogP) is 0.278. The SMILES string of the molecule is CN1CCOC(CNC(=O)Cc2n[nH]c3c2CCCC3)C1. The third-order valence-electron chi connectivity index (χ3n) is 4.34. The van der Waals surface area contributed by atoms with Crippen LogP contribution >= 0.6 is 0 Å². The minimum Gasteiger partial charge on any atom is -0.374 e. The van der Waals surface area contributed by atoms with Crippen molar-refractivity contribution >= 4 is 5.91 Å². The average molecular weight is 292 g/mol. The Hall–Kier alpha value is -1.40. The van der Waals surface area contributed by atoms with E-state index in [2.05, 4.69) is 27.5 Å². The van der Waals surface area contributed by atoms with Crippen molar-refractivity contribution in [2.24, 2.45) is 0 Å². The Morgan fingerprint density at radius 1 is 1.48 bits per heavy atom. The number of aromatic nitrogens is 2. The number of carbonyl (C=O) groups is 1. The van der Waals surface area contributed by atoms with Crippen LogP contribution in [0, 0.1) is 0 Å². The Labute approximate surface area is 125 Å². The Bertz CT molecular complexity index is 500. The lowest BCUT2D eigenvalue weighted by Gasteiger charge is -2.30. The number of fused-ring (bicyclic) bond motifs is 1. The molecule has 3 rings (SSSR count). The summed E-state index contributed by atoms with van der Waals surface area (Å²) in [6.45, 7) is 3.15. The lowest BCUT2D eigenvalue weighted by atomic mass is 9.95. The van der Waals surface area contributed by atoms with Crippen molar-refractivity contribution in [3.8, 4) is 0 Å². The lowest BCUT2D eigenvalue weighted by molar-refractivity contribution is -0.121. The van der Waals surface area contributed by atoms with Crippen molar-refractivity contribution in [2.75, 3.05) is 33.3 Å². The van der Waals surface area contributed by atoms with E-state index in [4.69, 9.17) is 4.74 Å². The summed E-state index contributed by atoms with van der Waals surface area (Å²) in [5.41, 5.74) is 3.41. The van der Waals surface area contributed by atoms with Crippen LogP contribution in [0.1, 0.15) is 29.8 Å². The Balaban J connectivity index is 1.49. The molecule has 0 bridgehead atoms. The van der Waals surface area contributed by atoms with E-state index in [1.807, 2.05) is 0 Å². The highest BCUT2D eigenvalue weighted by Crippen LogP contribution is 2.22. The van der Waals surface area contributed by atoms with E-state index >= 15 is 0 Å². The molecule has 1 aromatic rings. The van der Waals surface area contributed by atoms with E-state index in [0.717, 1.165) is 38.2 Å². The highest BCUT2D eigenvalue weighted by molar-refractivity contribution is 5.78. The molecule has 0 radical (unpaired) electrons. The number of H-pyrrole nitrogens is 1. The average Bonchev–Trinajstić information content (AvgIpc) is 2.89. The summed E-state index contributed by atoms with van der Waals surface area (Å²) in [7, 11) is 2.08. The van der Waals surface area contributed by atoms with E-state index in [-0.39, 0.29) is 12.0 Å². The molecule has 6 heteroatoms. The van der Waals surface area contributed by atoms with Crippen LogP contribution in [0.3, 0.4) is 0 Å². The number of hydrogen-bond acceptors (Lipinski definition) is 4. The maximum atomic E-state index is 12.1. The second kappa shape index (κ2) is 6.58. The third kappa shape index (κ3) is 3.63. The van der Waals surface area contributed by atoms with Gasteiger partial charge in [-0.2, -0.15) is 5.10 Å². The molecule has 2 aliphatic rings. The molecule has 0 aromatic carbocycles. The summed E-state index contributed by atoms with van der Waals surface area (Å²) in [5, 5.41) is 10.4. The molecule has 1 amide bonds. The molecule has 1 aromatic heterocycles. The zero-order valence-electron chi connectivity index (χ0n) is 12.7. The van der Waals surface area contributed by atoms with Crippen molar-refractivity contribution in [1.82, 2.24) is 20.4 Å². The minimum atomic E-state index is 0.0340. The second-order valence-corrected chi connectivity index (χ2v) is 6.07. The fourth-order valence-corrected chi connectivity index (χ4v) is 3.13. The molecule has 1 fully saturated rings. The smallest absolute Gasteiger partial charge is 0.226 e. The standard InChI is InChI=1S/C15H24N4O2/c1-19-6-7-21-11(10-19)9-16-15(20)8-14-12-4-2-3-5-13(12)17-18-14/h11H,2-10H2,1H3,(H,16,20)(H,17,18). The zero-order chi connectivity index (χ0) is 14.7. The molecule has 1 saturated heterocycles. The summed E-state index contributed by atoms with van der Waals surface area (Å²) in [6, 6.07) is 0. The van der Waals surface area contributed by atoms with Gasteiger partial charge in [0.05, 0.1) is 24.8 Å². The number of hydrogen-bond donors (Lipinski definition) is 2. The quantitative estimate of drug-likeness (QED) is 0.836. The van der Waals surface area contributed by atoms with Crippen LogP contribution in [0.4, 0.5) is 0 Å². The van der Waals surface area contributed by atoms with Gasteiger partial charge in [0.15, 0.2) is 0 Å². The molecule has 1 unspecified atom stereocenters. The van der Waals surface area contributed by atoms with Crippen molar-refractivity contribution < 1.29 is 9.53 Å². The first-order valence-electron chi connectivity index (χ1n) is 7.84. The first-order chi connectivity index (χ1) is 10.2. The number of aryl methyl sites for hydroxylation is 1. The van der Waals surface area contributed by atoms with Crippen molar-refractivity contribution in [3.05, 3.63) is 17.0 Å². The van der Waals surface area contributed by atoms with E-state index in [9.17, 15) is 4.79 Å². The second-order valence-electron chi connectivity index (χ2n) is 6.07. The van der Waals surface area contributed by atoms with Crippen LogP contribution in [0.5, 0.6) is 0 Å². The number of carbonyl (C=O) groups excluding carboxylic acids is 1. The van der Waals surface area contributed by atoms with Gasteiger partial charge in [-0.25, -0.2) is 0 Å². The van der Waals surface area contributed by atoms with Crippen LogP contribution in [0.15, 0.2) is 0 Å². The van der Waals surface area contributed by atoms with Crippen LogP contribution in [0.25, 0.3) is 0 Å². The fraction of sp³-hybridized carbons (Fsp3) is 0.733. The van der Waals surface area contributed by atoms with Gasteiger partial charge in [0.1, 0.15) is 0 Å². The Kier molecular flexibility index (Phi) is 4.55. The molecule has 116 valence electrons. The van der Waals surface area contributed by atoms with Crippen LogP contribution in [-0.4, -0.2) is 60.4 Å². The number of aromatic amines is 1. The van der Waals surface area contributed by atoms with Crippen LogP contribution in [0.2, 0.25) is 0 Å². The molecule has 0 saturated carbocycles. The number of amides is 1. The molecule has 1 aliphatic carbocycles. The molecule has 2 heterocycles. The molecular weight excluding hydrogens is 268 g/mol. The van der Waals surface area contributed by atoms with Gasteiger partial charge in [-0.1, -0.05) is 0 Å². The number of rotatable bonds is 4. The van der Waals surface area contributed by atoms with Crippen molar-refractivity contribution in [2.45, 2.75) is 38.2 Å². The van der Waals surface area contributed by atoms with Crippen molar-refractivity contribution in [1.29, 1.82) is 0 Å². The van der Waals surface area contributed by atoms with Gasteiger partial charge in [-0.05, 0) is 38.3 Å². The van der Waals surface area contributed by atoms with Crippen molar-refractivity contribution in [3.63, 3.8) is 0 Å². The van der Waals surface area contributed by atoms with E-state index in [1.165, 1.54) is 24.1 Å². The van der Waals surface area contributed by atoms with Gasteiger partial charge in [0, 0.05) is 25.3 Å². The highest BCUT2D eigenvalue weighted by atomic mass is 16.5. The fourth-order valence-electron chi connectivity index (χ4n) is 3.13. The third-order valence-corrected chi connectivity index (χ3v) is 4.34. The summed E-state index contributed by atoms with van der Waals surface area (Å²) in [5.74, 6) is 0.0340. The monoisotopic (exact) mass is 292 g/mol. The van der Waals surface area contributed by atoms with Gasteiger partial charge >= 0.3 is 0 Å². The van der Waals surface area contributed by atoms with Crippen LogP contribution < -0.4 is 5.32 Å². The summed E-state index contributed by atoms with van der Waals surface area (Å²) >= 11 is 0. The summed E-state index contributed by atoms with van der Waals surface area (Å²) < 4.78 is 5.65. The normalized spacial score (nSPS) is 22.8. The van der Waals surface area contributed by atoms with Gasteiger partial charge in [0.2, 0.25) is 5.91 Å². The van der Waals surface area contributed by atoms with Gasteiger partial charge in [-0.3, -0.25) is 9.89 Å².